The number of anilines is 6. The van der Waals surface area contributed by atoms with Crippen LogP contribution in [-0.2, 0) is 10.8 Å². The molecule has 0 saturated carbocycles. The minimum atomic E-state index is 0.0451. The first-order valence-electron chi connectivity index (χ1n) is 24.2. The van der Waals surface area contributed by atoms with E-state index in [1.807, 2.05) is 0 Å². The van der Waals surface area contributed by atoms with Gasteiger partial charge in [0, 0.05) is 44.6 Å². The smallest absolute Gasteiger partial charge is 0.136 e. The zero-order valence-electron chi connectivity index (χ0n) is 40.9. The van der Waals surface area contributed by atoms with Crippen molar-refractivity contribution in [3.05, 3.63) is 229 Å². The highest BCUT2D eigenvalue weighted by Gasteiger charge is 2.24. The SMILES string of the molecule is Cc1cccc(-c2ccccc2)c1N(c1ccc(C(C)(C)C)cc1)c1ccc2cc3c(cc2c1)oc1cc2cc(N(c4ccc(C(C)(C)C)cc4)c4c(C)cccc4-c4ccccc4)ccc2cc13. The van der Waals surface area contributed by atoms with E-state index in [-0.39, 0.29) is 10.8 Å². The summed E-state index contributed by atoms with van der Waals surface area (Å²) in [4.78, 5) is 4.86. The van der Waals surface area contributed by atoms with Crippen LogP contribution in [0.15, 0.2) is 211 Å². The number of para-hydroxylation sites is 2. The second-order valence-corrected chi connectivity index (χ2v) is 20.8. The summed E-state index contributed by atoms with van der Waals surface area (Å²) in [5, 5.41) is 6.81. The molecule has 0 amide bonds. The molecule has 0 aliphatic rings. The molecule has 69 heavy (non-hydrogen) atoms. The third-order valence-electron chi connectivity index (χ3n) is 13.9. The second kappa shape index (κ2) is 17.0. The highest BCUT2D eigenvalue weighted by atomic mass is 16.3. The standard InChI is InChI=1S/C66H58N2O/c1-43-17-15-23-57(45-19-11-9-12-20-45)63(43)67(53-33-27-51(28-34-53)65(3,4)5)55-31-25-47-39-59-60-40-48-26-32-56(38-50(48)42-62(60)69-61(59)41-49(47)37-55)68(54-35-29-52(30-36-54)66(6,7)8)64-44(2)18-16-24-58(64)46-21-13-10-14-22-46/h9-42H,1-8H3. The molecular weight excluding hydrogens is 837 g/mol. The van der Waals surface area contributed by atoms with Crippen LogP contribution in [0.5, 0.6) is 0 Å². The lowest BCUT2D eigenvalue weighted by atomic mass is 9.87. The van der Waals surface area contributed by atoms with Gasteiger partial charge in [0.05, 0.1) is 11.4 Å². The lowest BCUT2D eigenvalue weighted by Crippen LogP contribution is -2.14. The van der Waals surface area contributed by atoms with Crippen LogP contribution in [0.2, 0.25) is 0 Å². The number of furan rings is 1. The molecule has 0 atom stereocenters. The third-order valence-corrected chi connectivity index (χ3v) is 13.9. The Morgan fingerprint density at radius 3 is 1.09 bits per heavy atom. The van der Waals surface area contributed by atoms with Crippen molar-refractivity contribution in [3.63, 3.8) is 0 Å². The lowest BCUT2D eigenvalue weighted by Gasteiger charge is -2.30. The maximum absolute atomic E-state index is 6.86. The van der Waals surface area contributed by atoms with Crippen molar-refractivity contribution in [2.75, 3.05) is 9.80 Å². The van der Waals surface area contributed by atoms with E-state index in [0.29, 0.717) is 0 Å². The first-order chi connectivity index (χ1) is 33.3. The van der Waals surface area contributed by atoms with E-state index in [4.69, 9.17) is 4.42 Å². The van der Waals surface area contributed by atoms with Crippen LogP contribution in [0.4, 0.5) is 34.1 Å². The molecule has 0 saturated heterocycles. The van der Waals surface area contributed by atoms with Gasteiger partial charge in [0.1, 0.15) is 11.2 Å². The number of nitrogens with zero attached hydrogens (tertiary/aromatic N) is 2. The van der Waals surface area contributed by atoms with Gasteiger partial charge >= 0.3 is 0 Å². The molecule has 0 radical (unpaired) electrons. The van der Waals surface area contributed by atoms with E-state index in [2.05, 4.69) is 271 Å². The fourth-order valence-electron chi connectivity index (χ4n) is 10.2. The highest BCUT2D eigenvalue weighted by molar-refractivity contribution is 6.14. The molecule has 1 aromatic heterocycles. The van der Waals surface area contributed by atoms with Gasteiger partial charge in [-0.2, -0.15) is 0 Å². The number of hydrogen-bond donors (Lipinski definition) is 0. The van der Waals surface area contributed by atoms with E-state index in [1.54, 1.807) is 0 Å². The van der Waals surface area contributed by atoms with Gasteiger partial charge in [-0.25, -0.2) is 0 Å². The van der Waals surface area contributed by atoms with Crippen LogP contribution in [0.25, 0.3) is 65.7 Å². The molecule has 1 heterocycles. The molecule has 0 fully saturated rings. The van der Waals surface area contributed by atoms with E-state index < -0.39 is 0 Å². The van der Waals surface area contributed by atoms with E-state index in [1.165, 1.54) is 66.7 Å². The normalized spacial score (nSPS) is 12.1. The van der Waals surface area contributed by atoms with Gasteiger partial charge < -0.3 is 14.2 Å². The quantitative estimate of drug-likeness (QED) is 0.152. The monoisotopic (exact) mass is 894 g/mol. The van der Waals surface area contributed by atoms with E-state index in [0.717, 1.165) is 55.5 Å². The molecule has 0 aliphatic heterocycles. The van der Waals surface area contributed by atoms with Crippen molar-refractivity contribution in [2.45, 2.75) is 66.2 Å². The molecule has 0 unspecified atom stereocenters. The third kappa shape index (κ3) is 8.12. The Morgan fingerprint density at radius 2 is 0.710 bits per heavy atom. The van der Waals surface area contributed by atoms with Gasteiger partial charge in [-0.1, -0.05) is 175 Å². The Morgan fingerprint density at radius 1 is 0.333 bits per heavy atom. The zero-order chi connectivity index (χ0) is 47.6. The molecule has 338 valence electrons. The number of benzene rings is 10. The van der Waals surface area contributed by atoms with E-state index >= 15 is 0 Å². The van der Waals surface area contributed by atoms with Crippen molar-refractivity contribution in [3.8, 4) is 22.3 Å². The first kappa shape index (κ1) is 43.7. The molecule has 0 bridgehead atoms. The summed E-state index contributed by atoms with van der Waals surface area (Å²) < 4.78 is 6.86. The topological polar surface area (TPSA) is 19.6 Å². The van der Waals surface area contributed by atoms with Crippen molar-refractivity contribution < 1.29 is 4.42 Å². The van der Waals surface area contributed by atoms with Crippen molar-refractivity contribution >= 4 is 77.6 Å². The fraction of sp³-hybridized carbons (Fsp3) is 0.152. The van der Waals surface area contributed by atoms with Gasteiger partial charge in [0.2, 0.25) is 0 Å². The van der Waals surface area contributed by atoms with Crippen molar-refractivity contribution in [1.82, 2.24) is 0 Å². The van der Waals surface area contributed by atoms with E-state index in [9.17, 15) is 0 Å². The van der Waals surface area contributed by atoms with Crippen molar-refractivity contribution in [1.29, 1.82) is 0 Å². The van der Waals surface area contributed by atoms with Gasteiger partial charge in [-0.3, -0.25) is 0 Å². The summed E-state index contributed by atoms with van der Waals surface area (Å²) in [6.07, 6.45) is 0. The Balaban J connectivity index is 1.04. The Bertz CT molecular complexity index is 3440. The van der Waals surface area contributed by atoms with Crippen molar-refractivity contribution in [2.24, 2.45) is 0 Å². The molecule has 0 N–H and O–H groups in total. The maximum atomic E-state index is 6.86. The second-order valence-electron chi connectivity index (χ2n) is 20.8. The Hall–Kier alpha value is -7.88. The number of rotatable bonds is 8. The van der Waals surface area contributed by atoms with Gasteiger partial charge in [-0.05, 0) is 152 Å². The predicted molar refractivity (Wildman–Crippen MR) is 296 cm³/mol. The van der Waals surface area contributed by atoms with Gasteiger partial charge in [-0.15, -0.1) is 0 Å². The fourth-order valence-corrected chi connectivity index (χ4v) is 10.2. The number of fused-ring (bicyclic) bond motifs is 5. The van der Waals surface area contributed by atoms with Crippen LogP contribution >= 0.6 is 0 Å². The van der Waals surface area contributed by atoms with Crippen LogP contribution in [0.3, 0.4) is 0 Å². The summed E-state index contributed by atoms with van der Waals surface area (Å²) >= 11 is 0. The largest absolute Gasteiger partial charge is 0.456 e. The summed E-state index contributed by atoms with van der Waals surface area (Å²) in [7, 11) is 0. The molecule has 0 spiro atoms. The molecule has 10 aromatic carbocycles. The molecular formula is C66H58N2O. The minimum absolute atomic E-state index is 0.0451. The predicted octanol–water partition coefficient (Wildman–Crippen LogP) is 19.4. The van der Waals surface area contributed by atoms with Crippen LogP contribution in [-0.4, -0.2) is 0 Å². The first-order valence-corrected chi connectivity index (χ1v) is 24.2. The summed E-state index contributed by atoms with van der Waals surface area (Å²) in [5.41, 5.74) is 18.4. The highest BCUT2D eigenvalue weighted by Crippen LogP contribution is 2.47. The average molecular weight is 895 g/mol. The summed E-state index contributed by atoms with van der Waals surface area (Å²) in [6.45, 7) is 18.1. The lowest BCUT2D eigenvalue weighted by molar-refractivity contribution is 0.590. The van der Waals surface area contributed by atoms with Crippen LogP contribution in [0.1, 0.15) is 63.8 Å². The zero-order valence-corrected chi connectivity index (χ0v) is 40.9. The van der Waals surface area contributed by atoms with Gasteiger partial charge in [0.15, 0.2) is 0 Å². The van der Waals surface area contributed by atoms with Crippen LogP contribution in [0, 0.1) is 13.8 Å². The Labute approximate surface area is 406 Å². The maximum Gasteiger partial charge on any atom is 0.136 e. The minimum Gasteiger partial charge on any atom is -0.456 e. The molecule has 0 aliphatic carbocycles. The van der Waals surface area contributed by atoms with Gasteiger partial charge in [0.25, 0.3) is 0 Å². The Kier molecular flexibility index (Phi) is 10.8. The summed E-state index contributed by atoms with van der Waals surface area (Å²) in [5.74, 6) is 0. The summed E-state index contributed by atoms with van der Waals surface area (Å²) in [6, 6.07) is 75.7. The average Bonchev–Trinajstić information content (AvgIpc) is 3.69. The number of aryl methyl sites for hydroxylation is 2. The molecule has 3 heteroatoms. The molecule has 11 rings (SSSR count). The molecule has 3 nitrogen and oxygen atoms in total. The number of hydrogen-bond acceptors (Lipinski definition) is 3. The molecule has 11 aromatic rings. The van der Waals surface area contributed by atoms with Crippen LogP contribution < -0.4 is 9.80 Å².